The molecule has 1 aliphatic rings. The number of pyridine rings is 1. The fraction of sp³-hybridized carbons (Fsp3) is 0.438. The van der Waals surface area contributed by atoms with Crippen LogP contribution in [0.15, 0.2) is 24.5 Å². The van der Waals surface area contributed by atoms with Gasteiger partial charge in [0.25, 0.3) is 5.91 Å². The second-order valence-corrected chi connectivity index (χ2v) is 6.09. The van der Waals surface area contributed by atoms with Gasteiger partial charge in [0, 0.05) is 18.3 Å². The minimum Gasteiger partial charge on any atom is -0.477 e. The molecule has 0 aromatic carbocycles. The van der Waals surface area contributed by atoms with Crippen molar-refractivity contribution in [1.82, 2.24) is 14.8 Å². The second kappa shape index (κ2) is 6.20. The van der Waals surface area contributed by atoms with Gasteiger partial charge in [0.15, 0.2) is 0 Å². The lowest BCUT2D eigenvalue weighted by molar-refractivity contribution is 0.0966. The number of anilines is 1. The summed E-state index contributed by atoms with van der Waals surface area (Å²) in [5.41, 5.74) is 0.438. The number of amides is 1. The summed E-state index contributed by atoms with van der Waals surface area (Å²) in [6, 6.07) is 3.80. The highest BCUT2D eigenvalue weighted by atomic mass is 35.5. The van der Waals surface area contributed by atoms with Crippen molar-refractivity contribution in [2.75, 3.05) is 11.5 Å². The Morgan fingerprint density at radius 1 is 1.43 bits per heavy atom. The Bertz CT molecular complexity index is 731. The molecule has 0 saturated heterocycles. The summed E-state index contributed by atoms with van der Waals surface area (Å²) >= 11 is 6.15. The molecule has 1 amide bonds. The first-order chi connectivity index (χ1) is 11.0. The Hall–Kier alpha value is -2.08. The normalized spacial score (nSPS) is 20.3. The minimum atomic E-state index is -0.136. The van der Waals surface area contributed by atoms with E-state index >= 15 is 0 Å². The molecule has 0 unspecified atom stereocenters. The minimum absolute atomic E-state index is 0.0760. The van der Waals surface area contributed by atoms with Crippen LogP contribution >= 0.6 is 11.6 Å². The van der Waals surface area contributed by atoms with Crippen LogP contribution in [0, 0.1) is 0 Å². The molecule has 3 heterocycles. The van der Waals surface area contributed by atoms with Crippen molar-refractivity contribution in [3.8, 4) is 5.88 Å². The summed E-state index contributed by atoms with van der Waals surface area (Å²) < 4.78 is 7.19. The Kier molecular flexibility index (Phi) is 4.26. The van der Waals surface area contributed by atoms with Gasteiger partial charge in [-0.1, -0.05) is 11.6 Å². The molecule has 2 aromatic heterocycles. The lowest BCUT2D eigenvalue weighted by Gasteiger charge is -2.37. The molecule has 6 nitrogen and oxygen atoms in total. The van der Waals surface area contributed by atoms with Gasteiger partial charge in [-0.15, -0.1) is 0 Å². The van der Waals surface area contributed by atoms with E-state index in [4.69, 9.17) is 16.3 Å². The van der Waals surface area contributed by atoms with Crippen LogP contribution < -0.4 is 9.64 Å². The van der Waals surface area contributed by atoms with Gasteiger partial charge < -0.3 is 4.74 Å². The van der Waals surface area contributed by atoms with Crippen LogP contribution in [0.1, 0.15) is 43.6 Å². The van der Waals surface area contributed by atoms with Crippen molar-refractivity contribution in [1.29, 1.82) is 0 Å². The van der Waals surface area contributed by atoms with E-state index < -0.39 is 0 Å². The molecule has 0 spiro atoms. The Balaban J connectivity index is 1.94. The maximum Gasteiger partial charge on any atom is 0.261 e. The SMILES string of the molecule is CCOc1ncc(C(=O)N2c3ccnn3[C@@H](C)C[C@H]2C)cc1Cl. The van der Waals surface area contributed by atoms with Crippen molar-refractivity contribution < 1.29 is 9.53 Å². The van der Waals surface area contributed by atoms with Gasteiger partial charge in [0.05, 0.1) is 24.4 Å². The largest absolute Gasteiger partial charge is 0.477 e. The lowest BCUT2D eigenvalue weighted by atomic mass is 10.0. The number of ether oxygens (including phenoxy) is 1. The van der Waals surface area contributed by atoms with E-state index in [1.807, 2.05) is 24.6 Å². The quantitative estimate of drug-likeness (QED) is 0.863. The van der Waals surface area contributed by atoms with Crippen LogP contribution in [-0.4, -0.2) is 33.3 Å². The molecule has 0 radical (unpaired) electrons. The summed E-state index contributed by atoms with van der Waals surface area (Å²) in [4.78, 5) is 18.8. The van der Waals surface area contributed by atoms with Gasteiger partial charge in [0.1, 0.15) is 10.8 Å². The third-order valence-corrected chi connectivity index (χ3v) is 4.26. The fourth-order valence-electron chi connectivity index (χ4n) is 2.99. The first-order valence-electron chi connectivity index (χ1n) is 7.68. The third kappa shape index (κ3) is 2.79. The predicted molar refractivity (Wildman–Crippen MR) is 88.2 cm³/mol. The fourth-order valence-corrected chi connectivity index (χ4v) is 3.21. The van der Waals surface area contributed by atoms with Crippen LogP contribution in [0.5, 0.6) is 5.88 Å². The molecule has 2 aromatic rings. The summed E-state index contributed by atoms with van der Waals surface area (Å²) in [6.45, 7) is 6.47. The predicted octanol–water partition coefficient (Wildman–Crippen LogP) is 3.33. The number of carbonyl (C=O) groups excluding carboxylic acids is 1. The number of nitrogens with zero attached hydrogens (tertiary/aromatic N) is 4. The van der Waals surface area contributed by atoms with E-state index in [2.05, 4.69) is 17.0 Å². The average molecular weight is 335 g/mol. The van der Waals surface area contributed by atoms with Crippen molar-refractivity contribution in [2.45, 2.75) is 39.3 Å². The van der Waals surface area contributed by atoms with Gasteiger partial charge in [0.2, 0.25) is 5.88 Å². The van der Waals surface area contributed by atoms with Crippen molar-refractivity contribution in [3.63, 3.8) is 0 Å². The number of fused-ring (bicyclic) bond motifs is 1. The van der Waals surface area contributed by atoms with Gasteiger partial charge in [-0.25, -0.2) is 9.67 Å². The molecule has 0 bridgehead atoms. The number of aromatic nitrogens is 3. The molecule has 122 valence electrons. The molecule has 1 aliphatic heterocycles. The Labute approximate surface area is 140 Å². The molecule has 23 heavy (non-hydrogen) atoms. The second-order valence-electron chi connectivity index (χ2n) is 5.69. The standard InChI is InChI=1S/C16H19ClN4O2/c1-4-23-15-13(17)8-12(9-18-15)16(22)20-10(2)7-11(3)21-14(20)5-6-19-21/h5-6,8-11H,4,7H2,1-3H3/t10-,11+/m1/s1. The van der Waals surface area contributed by atoms with Crippen LogP contribution in [-0.2, 0) is 0 Å². The van der Waals surface area contributed by atoms with E-state index in [1.165, 1.54) is 6.20 Å². The lowest BCUT2D eigenvalue weighted by Crippen LogP contribution is -2.45. The van der Waals surface area contributed by atoms with E-state index in [-0.39, 0.29) is 18.0 Å². The van der Waals surface area contributed by atoms with Crippen molar-refractivity contribution in [3.05, 3.63) is 35.1 Å². The Morgan fingerprint density at radius 3 is 2.91 bits per heavy atom. The number of hydrogen-bond acceptors (Lipinski definition) is 4. The summed E-state index contributed by atoms with van der Waals surface area (Å²) in [5, 5.41) is 4.65. The molecule has 7 heteroatoms. The molecule has 3 rings (SSSR count). The zero-order valence-corrected chi connectivity index (χ0v) is 14.1. The topological polar surface area (TPSA) is 60.2 Å². The number of halogens is 1. The van der Waals surface area contributed by atoms with E-state index in [1.54, 1.807) is 17.2 Å². The number of rotatable bonds is 3. The molecule has 2 atom stereocenters. The van der Waals surface area contributed by atoms with Crippen LogP contribution in [0.3, 0.4) is 0 Å². The monoisotopic (exact) mass is 334 g/mol. The van der Waals surface area contributed by atoms with E-state index in [9.17, 15) is 4.79 Å². The molecular formula is C16H19ClN4O2. The third-order valence-electron chi connectivity index (χ3n) is 3.99. The maximum atomic E-state index is 12.9. The molecule has 0 N–H and O–H groups in total. The molecule has 0 aliphatic carbocycles. The van der Waals surface area contributed by atoms with Crippen LogP contribution in [0.25, 0.3) is 0 Å². The first kappa shape index (κ1) is 15.8. The molecule has 0 fully saturated rings. The molecular weight excluding hydrogens is 316 g/mol. The summed E-state index contributed by atoms with van der Waals surface area (Å²) in [6.07, 6.45) is 4.07. The maximum absolute atomic E-state index is 12.9. The number of carbonyl (C=O) groups is 1. The summed E-state index contributed by atoms with van der Waals surface area (Å²) in [7, 11) is 0. The summed E-state index contributed by atoms with van der Waals surface area (Å²) in [5.74, 6) is 1.01. The van der Waals surface area contributed by atoms with Gasteiger partial charge in [-0.05, 0) is 33.3 Å². The Morgan fingerprint density at radius 2 is 2.22 bits per heavy atom. The average Bonchev–Trinajstić information content (AvgIpc) is 2.99. The smallest absolute Gasteiger partial charge is 0.261 e. The van der Waals surface area contributed by atoms with E-state index in [0.29, 0.717) is 23.1 Å². The number of hydrogen-bond donors (Lipinski definition) is 0. The molecule has 0 saturated carbocycles. The van der Waals surface area contributed by atoms with Crippen molar-refractivity contribution in [2.24, 2.45) is 0 Å². The van der Waals surface area contributed by atoms with Crippen LogP contribution in [0.2, 0.25) is 5.02 Å². The van der Waals surface area contributed by atoms with Gasteiger partial charge >= 0.3 is 0 Å². The highest BCUT2D eigenvalue weighted by molar-refractivity contribution is 6.32. The van der Waals surface area contributed by atoms with Gasteiger partial charge in [-0.2, -0.15) is 5.10 Å². The van der Waals surface area contributed by atoms with Crippen molar-refractivity contribution >= 4 is 23.3 Å². The highest BCUT2D eigenvalue weighted by Crippen LogP contribution is 2.33. The zero-order chi connectivity index (χ0) is 16.6. The van der Waals surface area contributed by atoms with Crippen LogP contribution in [0.4, 0.5) is 5.82 Å². The zero-order valence-electron chi connectivity index (χ0n) is 13.4. The van der Waals surface area contributed by atoms with E-state index in [0.717, 1.165) is 12.2 Å². The van der Waals surface area contributed by atoms with Gasteiger partial charge in [-0.3, -0.25) is 9.69 Å². The first-order valence-corrected chi connectivity index (χ1v) is 8.06. The highest BCUT2D eigenvalue weighted by Gasteiger charge is 2.33.